The highest BCUT2D eigenvalue weighted by atomic mass is 28.4. The molecule has 0 N–H and O–H groups in total. The summed E-state index contributed by atoms with van der Waals surface area (Å²) < 4.78 is 24.1. The summed E-state index contributed by atoms with van der Waals surface area (Å²) in [4.78, 5) is 14.8. The lowest BCUT2D eigenvalue weighted by atomic mass is 10.4. The van der Waals surface area contributed by atoms with Crippen molar-refractivity contribution in [3.63, 3.8) is 0 Å². The molecule has 2 atom stereocenters. The van der Waals surface area contributed by atoms with E-state index >= 15 is 0 Å². The van der Waals surface area contributed by atoms with Gasteiger partial charge >= 0.3 is 8.80 Å². The van der Waals surface area contributed by atoms with E-state index in [1.165, 1.54) is 21.3 Å². The molecule has 0 spiro atoms. The van der Waals surface area contributed by atoms with E-state index in [1.54, 1.807) is 23.3 Å². The van der Waals surface area contributed by atoms with Gasteiger partial charge < -0.3 is 27.4 Å². The molecule has 0 saturated heterocycles. The first kappa shape index (κ1) is 17.0. The number of hydrogen-bond acceptors (Lipinski definition) is 6. The van der Waals surface area contributed by atoms with Gasteiger partial charge in [0.1, 0.15) is 18.2 Å². The molecule has 0 aliphatic carbocycles. The number of rotatable bonds is 10. The molecule has 20 heavy (non-hydrogen) atoms. The predicted octanol–water partition coefficient (Wildman–Crippen LogP) is 1.18. The number of hydrogen-bond donors (Lipinski definition) is 0. The molecule has 0 fully saturated rings. The maximum atomic E-state index is 10.8. The van der Waals surface area contributed by atoms with Crippen LogP contribution in [0, 0.1) is 0 Å². The molecule has 1 aromatic rings. The van der Waals surface area contributed by atoms with E-state index in [-0.39, 0.29) is 12.1 Å². The summed E-state index contributed by atoms with van der Waals surface area (Å²) in [6, 6.07) is 0. The van der Waals surface area contributed by atoms with Gasteiger partial charge in [-0.2, -0.15) is 0 Å². The third-order valence-electron chi connectivity index (χ3n) is 3.10. The van der Waals surface area contributed by atoms with E-state index in [0.29, 0.717) is 6.42 Å². The van der Waals surface area contributed by atoms with Crippen LogP contribution in [0.25, 0.3) is 0 Å². The van der Waals surface area contributed by atoms with Crippen molar-refractivity contribution in [1.82, 2.24) is 9.55 Å². The zero-order chi connectivity index (χ0) is 15.0. The first-order valence-electron chi connectivity index (χ1n) is 6.39. The van der Waals surface area contributed by atoms with Crippen molar-refractivity contribution >= 4 is 15.1 Å². The summed E-state index contributed by atoms with van der Waals surface area (Å²) >= 11 is 0. The second-order valence-electron chi connectivity index (χ2n) is 4.12. The van der Waals surface area contributed by atoms with Gasteiger partial charge in [-0.1, -0.05) is 6.92 Å². The lowest BCUT2D eigenvalue weighted by Gasteiger charge is -2.34. The molecule has 0 saturated carbocycles. The average Bonchev–Trinajstić information content (AvgIpc) is 3.01. The lowest BCUT2D eigenvalue weighted by molar-refractivity contribution is -0.115. The molecule has 0 aromatic carbocycles. The quantitative estimate of drug-likeness (QED) is 0.477. The number of ether oxygens (including phenoxy) is 1. The van der Waals surface area contributed by atoms with Crippen molar-refractivity contribution in [2.45, 2.75) is 31.7 Å². The number of nitrogens with zero attached hydrogens (tertiary/aromatic N) is 2. The molecule has 1 heterocycles. The molecular formula is C12H22N2O5Si. The van der Waals surface area contributed by atoms with Crippen molar-refractivity contribution < 1.29 is 22.8 Å². The van der Waals surface area contributed by atoms with E-state index in [9.17, 15) is 4.79 Å². The van der Waals surface area contributed by atoms with Crippen LogP contribution in [-0.4, -0.2) is 51.7 Å². The van der Waals surface area contributed by atoms with Crippen LogP contribution < -0.4 is 0 Å². The Morgan fingerprint density at radius 2 is 1.95 bits per heavy atom. The van der Waals surface area contributed by atoms with Gasteiger partial charge in [0.25, 0.3) is 0 Å². The minimum absolute atomic E-state index is 0.217. The molecule has 0 radical (unpaired) electrons. The van der Waals surface area contributed by atoms with Crippen molar-refractivity contribution in [1.29, 1.82) is 0 Å². The third kappa shape index (κ3) is 3.74. The van der Waals surface area contributed by atoms with Crippen molar-refractivity contribution in [2.75, 3.05) is 21.3 Å². The monoisotopic (exact) mass is 302 g/mol. The Morgan fingerprint density at radius 1 is 1.30 bits per heavy atom. The average molecular weight is 302 g/mol. The maximum Gasteiger partial charge on any atom is 0.530 e. The second kappa shape index (κ2) is 8.27. The predicted molar refractivity (Wildman–Crippen MR) is 73.9 cm³/mol. The summed E-state index contributed by atoms with van der Waals surface area (Å²) in [5, 5.41) is 0. The van der Waals surface area contributed by atoms with Crippen LogP contribution in [0.4, 0.5) is 0 Å². The largest absolute Gasteiger partial charge is 0.530 e. The Balaban J connectivity index is 2.91. The van der Waals surface area contributed by atoms with Crippen LogP contribution in [0.2, 0.25) is 0 Å². The zero-order valence-electron chi connectivity index (χ0n) is 12.3. The highest BCUT2D eigenvalue weighted by molar-refractivity contribution is 6.62. The van der Waals surface area contributed by atoms with Crippen LogP contribution >= 0.6 is 0 Å². The summed E-state index contributed by atoms with van der Waals surface area (Å²) in [5.41, 5.74) is -0.366. The Bertz CT molecular complexity index is 375. The molecule has 114 valence electrons. The minimum atomic E-state index is -2.92. The van der Waals surface area contributed by atoms with Crippen LogP contribution in [0.1, 0.15) is 26.0 Å². The summed E-state index contributed by atoms with van der Waals surface area (Å²) in [7, 11) is 1.69. The normalized spacial score (nSPS) is 15.0. The molecule has 0 aliphatic rings. The summed E-state index contributed by atoms with van der Waals surface area (Å²) in [5.74, 6) is 0. The topological polar surface area (TPSA) is 71.8 Å². The Kier molecular flexibility index (Phi) is 7.03. The molecule has 1 aromatic heterocycles. The Labute approximate surface area is 120 Å². The summed E-state index contributed by atoms with van der Waals surface area (Å²) in [6.07, 6.45) is 6.21. The van der Waals surface area contributed by atoms with Crippen molar-refractivity contribution in [3.05, 3.63) is 18.7 Å². The van der Waals surface area contributed by atoms with Crippen LogP contribution in [0.5, 0.6) is 0 Å². The van der Waals surface area contributed by atoms with E-state index < -0.39 is 15.0 Å². The third-order valence-corrected chi connectivity index (χ3v) is 6.14. The highest BCUT2D eigenvalue weighted by Crippen LogP contribution is 2.24. The van der Waals surface area contributed by atoms with Crippen LogP contribution in [-0.2, 0) is 22.8 Å². The molecule has 2 unspecified atom stereocenters. The number of carbonyl (C=O) groups excluding carboxylic acids is 1. The molecule has 7 nitrogen and oxygen atoms in total. The van der Waals surface area contributed by atoms with Gasteiger partial charge in [0.15, 0.2) is 0 Å². The van der Waals surface area contributed by atoms with Crippen molar-refractivity contribution in [3.8, 4) is 0 Å². The minimum Gasteiger partial charge on any atom is -0.375 e. The lowest BCUT2D eigenvalue weighted by Crippen LogP contribution is -2.55. The molecule has 8 heteroatoms. The fourth-order valence-corrected chi connectivity index (χ4v) is 4.15. The highest BCUT2D eigenvalue weighted by Gasteiger charge is 2.48. The number of carbonyl (C=O) groups is 1. The van der Waals surface area contributed by atoms with E-state index in [1.807, 2.05) is 6.92 Å². The first-order chi connectivity index (χ1) is 9.67. The fourth-order valence-electron chi connectivity index (χ4n) is 2.03. The molecule has 0 bridgehead atoms. The van der Waals surface area contributed by atoms with Gasteiger partial charge in [-0.15, -0.1) is 0 Å². The van der Waals surface area contributed by atoms with Gasteiger partial charge in [0, 0.05) is 40.1 Å². The van der Waals surface area contributed by atoms with Gasteiger partial charge in [0.2, 0.25) is 0 Å². The van der Waals surface area contributed by atoms with E-state index in [4.69, 9.17) is 18.0 Å². The molecule has 1 rings (SSSR count). The number of imidazole rings is 1. The van der Waals surface area contributed by atoms with Gasteiger partial charge in [-0.3, -0.25) is 0 Å². The Morgan fingerprint density at radius 3 is 2.35 bits per heavy atom. The molecular weight excluding hydrogens is 280 g/mol. The van der Waals surface area contributed by atoms with Crippen LogP contribution in [0.15, 0.2) is 18.7 Å². The van der Waals surface area contributed by atoms with Gasteiger partial charge in [-0.05, 0) is 6.42 Å². The number of aromatic nitrogens is 2. The summed E-state index contributed by atoms with van der Waals surface area (Å²) in [6.45, 7) is 1.95. The van der Waals surface area contributed by atoms with Gasteiger partial charge in [0.05, 0.1) is 6.33 Å². The van der Waals surface area contributed by atoms with E-state index in [2.05, 4.69) is 4.98 Å². The molecule has 0 aliphatic heterocycles. The zero-order valence-corrected chi connectivity index (χ0v) is 13.3. The number of aldehydes is 1. The van der Waals surface area contributed by atoms with E-state index in [0.717, 1.165) is 6.29 Å². The van der Waals surface area contributed by atoms with Crippen molar-refractivity contribution in [2.24, 2.45) is 0 Å². The fraction of sp³-hybridized carbons (Fsp3) is 0.667. The Hall–Kier alpha value is -1.06. The molecule has 0 amide bonds. The second-order valence-corrected chi connectivity index (χ2v) is 7.19. The smallest absolute Gasteiger partial charge is 0.375 e. The van der Waals surface area contributed by atoms with Gasteiger partial charge in [-0.25, -0.2) is 4.98 Å². The first-order valence-corrected chi connectivity index (χ1v) is 8.19. The maximum absolute atomic E-state index is 10.8. The standard InChI is InChI=1S/C12H22N2O5Si/c1-5-12(20(16-2,17-3)18-4)19-11(6-9-15)14-8-7-13-10-14/h7-12H,5-6H2,1-4H3. The SMILES string of the molecule is CCC(OC(CC=O)n1ccnc1)[Si](OC)(OC)OC. The van der Waals surface area contributed by atoms with Crippen LogP contribution in [0.3, 0.4) is 0 Å².